The Hall–Kier alpha value is -2.58. The molecule has 2 aromatic rings. The highest BCUT2D eigenvalue weighted by atomic mass is 79.9. The van der Waals surface area contributed by atoms with Gasteiger partial charge in [-0.25, -0.2) is 0 Å². The van der Waals surface area contributed by atoms with E-state index in [1.165, 1.54) is 9.80 Å². The average Bonchev–Trinajstić information content (AvgIpc) is 2.80. The number of carbonyl (C=O) groups excluding carboxylic acids is 4. The molecular weight excluding hydrogens is 564 g/mol. The highest BCUT2D eigenvalue weighted by Gasteiger charge is 2.41. The summed E-state index contributed by atoms with van der Waals surface area (Å²) in [4.78, 5) is 56.0. The summed E-state index contributed by atoms with van der Waals surface area (Å²) in [6, 6.07) is 3.21. The molecule has 0 bridgehead atoms. The molecule has 0 saturated heterocycles. The van der Waals surface area contributed by atoms with E-state index in [-0.39, 0.29) is 13.1 Å². The maximum atomic E-state index is 13.4. The van der Waals surface area contributed by atoms with E-state index in [0.29, 0.717) is 54.8 Å². The van der Waals surface area contributed by atoms with Crippen LogP contribution in [0.3, 0.4) is 0 Å². The van der Waals surface area contributed by atoms with E-state index < -0.39 is 23.6 Å². The molecule has 4 amide bonds. The van der Waals surface area contributed by atoms with E-state index >= 15 is 0 Å². The summed E-state index contributed by atoms with van der Waals surface area (Å²) < 4.78 is 0.875. The van der Waals surface area contributed by atoms with Gasteiger partial charge < -0.3 is 0 Å². The molecule has 2 aromatic carbocycles. The third-order valence-electron chi connectivity index (χ3n) is 6.26. The van der Waals surface area contributed by atoms with Crippen molar-refractivity contribution in [1.82, 2.24) is 9.80 Å². The molecule has 0 aromatic heterocycles. The molecule has 176 valence electrons. The smallest absolute Gasteiger partial charge is 0.262 e. The maximum absolute atomic E-state index is 13.4. The molecular formula is C26H24Br2N2O4. The van der Waals surface area contributed by atoms with Crippen molar-refractivity contribution >= 4 is 66.3 Å². The first-order valence-electron chi connectivity index (χ1n) is 11.3. The molecule has 0 unspecified atom stereocenters. The van der Waals surface area contributed by atoms with Crippen molar-refractivity contribution in [2.24, 2.45) is 0 Å². The number of imide groups is 2. The Morgan fingerprint density at radius 1 is 0.647 bits per heavy atom. The van der Waals surface area contributed by atoms with E-state index in [1.807, 2.05) is 12.2 Å². The van der Waals surface area contributed by atoms with Crippen LogP contribution in [0.2, 0.25) is 0 Å². The molecule has 2 heterocycles. The second kappa shape index (κ2) is 9.96. The normalized spacial score (nSPS) is 14.9. The SMILES string of the molecule is C=CCCCCN1C(=O)c2cc(Br)c3c4c(cc(Br)c(c24)C1=O)C(=O)N(CCCCC=C)C3=O. The van der Waals surface area contributed by atoms with E-state index in [1.54, 1.807) is 12.1 Å². The number of benzene rings is 2. The summed E-state index contributed by atoms with van der Waals surface area (Å²) in [5.41, 5.74) is 1.25. The number of halogens is 2. The molecule has 0 fully saturated rings. The summed E-state index contributed by atoms with van der Waals surface area (Å²) in [5, 5.41) is 0.737. The van der Waals surface area contributed by atoms with Crippen molar-refractivity contribution < 1.29 is 19.2 Å². The number of hydrogen-bond donors (Lipinski definition) is 0. The van der Waals surface area contributed by atoms with Gasteiger partial charge in [-0.3, -0.25) is 29.0 Å². The fourth-order valence-corrected chi connectivity index (χ4v) is 5.79. The quantitative estimate of drug-likeness (QED) is 0.186. The Labute approximate surface area is 214 Å². The number of unbranched alkanes of at least 4 members (excludes halogenated alkanes) is 4. The zero-order chi connectivity index (χ0) is 24.6. The van der Waals surface area contributed by atoms with Gasteiger partial charge in [-0.15, -0.1) is 13.2 Å². The van der Waals surface area contributed by atoms with Crippen LogP contribution in [0.15, 0.2) is 46.4 Å². The molecule has 2 aliphatic rings. The topological polar surface area (TPSA) is 74.8 Å². The zero-order valence-corrected chi connectivity index (χ0v) is 21.8. The van der Waals surface area contributed by atoms with E-state index in [0.717, 1.165) is 25.7 Å². The summed E-state index contributed by atoms with van der Waals surface area (Å²) >= 11 is 6.94. The largest absolute Gasteiger partial charge is 0.274 e. The van der Waals surface area contributed by atoms with Crippen molar-refractivity contribution in [3.8, 4) is 0 Å². The van der Waals surface area contributed by atoms with Gasteiger partial charge in [0.25, 0.3) is 23.6 Å². The molecule has 2 aliphatic heterocycles. The number of rotatable bonds is 10. The predicted octanol–water partition coefficient (Wildman–Crippen LogP) is 6.27. The highest BCUT2D eigenvalue weighted by Crippen LogP contribution is 2.44. The van der Waals surface area contributed by atoms with Gasteiger partial charge in [-0.2, -0.15) is 0 Å². The predicted molar refractivity (Wildman–Crippen MR) is 138 cm³/mol. The Morgan fingerprint density at radius 2 is 1.03 bits per heavy atom. The van der Waals surface area contributed by atoms with Crippen LogP contribution < -0.4 is 0 Å². The summed E-state index contributed by atoms with van der Waals surface area (Å²) in [7, 11) is 0. The van der Waals surface area contributed by atoms with Gasteiger partial charge in [0.05, 0.1) is 11.1 Å². The number of nitrogens with zero attached hydrogens (tertiary/aromatic N) is 2. The van der Waals surface area contributed by atoms with Gasteiger partial charge >= 0.3 is 0 Å². The Bertz CT molecular complexity index is 1170. The summed E-state index contributed by atoms with van der Waals surface area (Å²) in [6.45, 7) is 7.98. The number of hydrogen-bond acceptors (Lipinski definition) is 4. The minimum absolute atomic E-state index is 0.288. The second-order valence-corrected chi connectivity index (χ2v) is 10.1. The van der Waals surface area contributed by atoms with Crippen LogP contribution in [0.5, 0.6) is 0 Å². The lowest BCUT2D eigenvalue weighted by Crippen LogP contribution is -2.44. The minimum atomic E-state index is -0.422. The van der Waals surface area contributed by atoms with Crippen LogP contribution in [0.1, 0.15) is 80.0 Å². The van der Waals surface area contributed by atoms with Gasteiger partial charge in [0.1, 0.15) is 0 Å². The van der Waals surface area contributed by atoms with Gasteiger partial charge in [0, 0.05) is 43.9 Å². The van der Waals surface area contributed by atoms with Crippen LogP contribution in [-0.2, 0) is 0 Å². The van der Waals surface area contributed by atoms with E-state index in [4.69, 9.17) is 0 Å². The lowest BCUT2D eigenvalue weighted by atomic mass is 9.85. The Balaban J connectivity index is 1.83. The summed E-state index contributed by atoms with van der Waals surface area (Å²) in [5.74, 6) is -1.68. The molecule has 0 saturated carbocycles. The van der Waals surface area contributed by atoms with Crippen molar-refractivity contribution in [3.63, 3.8) is 0 Å². The third-order valence-corrected chi connectivity index (χ3v) is 7.51. The third kappa shape index (κ3) is 3.96. The van der Waals surface area contributed by atoms with Crippen LogP contribution >= 0.6 is 31.9 Å². The van der Waals surface area contributed by atoms with Crippen LogP contribution in [0.25, 0.3) is 10.8 Å². The van der Waals surface area contributed by atoms with Crippen LogP contribution in [-0.4, -0.2) is 46.5 Å². The highest BCUT2D eigenvalue weighted by molar-refractivity contribution is 9.10. The maximum Gasteiger partial charge on any atom is 0.262 e. The van der Waals surface area contributed by atoms with Crippen LogP contribution in [0, 0.1) is 0 Å². The number of allylic oxidation sites excluding steroid dienone is 2. The lowest BCUT2D eigenvalue weighted by molar-refractivity contribution is 0.0585. The molecule has 6 nitrogen and oxygen atoms in total. The fraction of sp³-hybridized carbons (Fsp3) is 0.308. The Morgan fingerprint density at radius 3 is 1.38 bits per heavy atom. The van der Waals surface area contributed by atoms with Crippen molar-refractivity contribution in [2.75, 3.05) is 13.1 Å². The molecule has 0 aliphatic carbocycles. The van der Waals surface area contributed by atoms with Crippen molar-refractivity contribution in [1.29, 1.82) is 0 Å². The molecule has 0 N–H and O–H groups in total. The summed E-state index contributed by atoms with van der Waals surface area (Å²) in [6.07, 6.45) is 8.18. The van der Waals surface area contributed by atoms with Crippen molar-refractivity contribution in [2.45, 2.75) is 38.5 Å². The molecule has 34 heavy (non-hydrogen) atoms. The fourth-order valence-electron chi connectivity index (χ4n) is 4.59. The number of carbonyl (C=O) groups is 4. The van der Waals surface area contributed by atoms with Gasteiger partial charge in [0.15, 0.2) is 0 Å². The standard InChI is InChI=1S/C26H24Br2N2O4/c1-3-5-7-9-11-29-23(31)15-13-18(28)22-20-16(14-17(27)21(19(15)20)25(29)33)24(32)30(26(22)34)12-10-8-6-4-2/h3-4,13-14H,1-2,5-12H2. The molecule has 0 radical (unpaired) electrons. The average molecular weight is 588 g/mol. The van der Waals surface area contributed by atoms with Crippen LogP contribution in [0.4, 0.5) is 0 Å². The van der Waals surface area contributed by atoms with Gasteiger partial charge in [0.2, 0.25) is 0 Å². The zero-order valence-electron chi connectivity index (χ0n) is 18.7. The van der Waals surface area contributed by atoms with E-state index in [9.17, 15) is 19.2 Å². The Kier molecular flexibility index (Phi) is 7.19. The second-order valence-electron chi connectivity index (χ2n) is 8.40. The molecule has 4 rings (SSSR count). The molecule has 0 atom stereocenters. The first kappa shape index (κ1) is 24.5. The first-order valence-corrected chi connectivity index (χ1v) is 12.8. The van der Waals surface area contributed by atoms with Gasteiger partial charge in [-0.05, 0) is 82.5 Å². The van der Waals surface area contributed by atoms with Crippen molar-refractivity contribution in [3.05, 3.63) is 68.6 Å². The first-order chi connectivity index (χ1) is 16.3. The monoisotopic (exact) mass is 586 g/mol. The van der Waals surface area contributed by atoms with E-state index in [2.05, 4.69) is 45.0 Å². The minimum Gasteiger partial charge on any atom is -0.274 e. The lowest BCUT2D eigenvalue weighted by Gasteiger charge is -2.33. The number of amides is 4. The van der Waals surface area contributed by atoms with Gasteiger partial charge in [-0.1, -0.05) is 12.2 Å². The molecule has 0 spiro atoms. The molecule has 8 heteroatoms.